The molecule has 1 aliphatic carbocycles. The van der Waals surface area contributed by atoms with Gasteiger partial charge in [-0.15, -0.1) is 0 Å². The highest BCUT2D eigenvalue weighted by Gasteiger charge is 2.39. The minimum absolute atomic E-state index is 0.0201. The van der Waals surface area contributed by atoms with Crippen molar-refractivity contribution >= 4 is 6.09 Å². The van der Waals surface area contributed by atoms with Gasteiger partial charge in [-0.25, -0.2) is 4.79 Å². The topological polar surface area (TPSA) is 29.5 Å². The van der Waals surface area contributed by atoms with Crippen LogP contribution < -0.4 is 0 Å². The molecule has 0 radical (unpaired) electrons. The first-order valence-corrected chi connectivity index (χ1v) is 12.9. The average Bonchev–Trinajstić information content (AvgIpc) is 3.20. The van der Waals surface area contributed by atoms with Crippen LogP contribution in [0.1, 0.15) is 53.9 Å². The fraction of sp³-hybridized carbons (Fsp3) is 0.323. The second-order valence-electron chi connectivity index (χ2n) is 10.3. The van der Waals surface area contributed by atoms with Gasteiger partial charge in [0.2, 0.25) is 0 Å². The maximum absolute atomic E-state index is 13.4. The van der Waals surface area contributed by atoms with Crippen LogP contribution in [0.15, 0.2) is 84.4 Å². The molecule has 1 saturated heterocycles. The number of carbonyl (C=O) groups excluding carboxylic acids is 1. The summed E-state index contributed by atoms with van der Waals surface area (Å²) in [5.41, 5.74) is 6.18. The molecule has 2 heterocycles. The Morgan fingerprint density at radius 1 is 0.892 bits per heavy atom. The fourth-order valence-electron chi connectivity index (χ4n) is 6.28. The lowest BCUT2D eigenvalue weighted by molar-refractivity contribution is -0.137. The minimum Gasteiger partial charge on any atom is -0.448 e. The molecule has 190 valence electrons. The number of alkyl halides is 3. The number of nitrogens with zero attached hydrogens (tertiary/aromatic N) is 1. The van der Waals surface area contributed by atoms with E-state index in [1.165, 1.54) is 27.8 Å². The first-order chi connectivity index (χ1) is 17.9. The number of fused-ring (bicyclic) bond motifs is 5. The van der Waals surface area contributed by atoms with E-state index in [9.17, 15) is 18.0 Å². The third-order valence-corrected chi connectivity index (χ3v) is 7.97. The molecule has 3 aromatic carbocycles. The van der Waals surface area contributed by atoms with Crippen molar-refractivity contribution in [1.29, 1.82) is 0 Å². The Kier molecular flexibility index (Phi) is 6.06. The molecule has 2 atom stereocenters. The quantitative estimate of drug-likeness (QED) is 0.341. The molecule has 2 aliphatic heterocycles. The van der Waals surface area contributed by atoms with Crippen molar-refractivity contribution in [2.75, 3.05) is 6.61 Å². The van der Waals surface area contributed by atoms with Crippen LogP contribution in [-0.4, -0.2) is 29.7 Å². The maximum Gasteiger partial charge on any atom is 0.416 e. The second kappa shape index (κ2) is 9.40. The molecule has 3 aliphatic rings. The molecule has 6 heteroatoms. The summed E-state index contributed by atoms with van der Waals surface area (Å²) in [6.07, 6.45) is 1.68. The second-order valence-corrected chi connectivity index (χ2v) is 10.3. The third-order valence-electron chi connectivity index (χ3n) is 7.97. The van der Waals surface area contributed by atoms with Gasteiger partial charge in [0.15, 0.2) is 0 Å². The summed E-state index contributed by atoms with van der Waals surface area (Å²) >= 11 is 0. The van der Waals surface area contributed by atoms with E-state index in [0.717, 1.165) is 43.4 Å². The van der Waals surface area contributed by atoms with Crippen LogP contribution in [-0.2, 0) is 17.3 Å². The van der Waals surface area contributed by atoms with Gasteiger partial charge < -0.3 is 4.74 Å². The van der Waals surface area contributed by atoms with E-state index in [1.807, 2.05) is 29.2 Å². The van der Waals surface area contributed by atoms with Crippen molar-refractivity contribution < 1.29 is 22.7 Å². The van der Waals surface area contributed by atoms with Crippen molar-refractivity contribution in [3.63, 3.8) is 0 Å². The van der Waals surface area contributed by atoms with Gasteiger partial charge in [0.1, 0.15) is 6.61 Å². The number of benzene rings is 3. The lowest BCUT2D eigenvalue weighted by atomic mass is 9.83. The van der Waals surface area contributed by atoms with Crippen molar-refractivity contribution in [1.82, 2.24) is 4.90 Å². The summed E-state index contributed by atoms with van der Waals surface area (Å²) in [7, 11) is 0. The van der Waals surface area contributed by atoms with E-state index in [1.54, 1.807) is 12.1 Å². The number of carbonyl (C=O) groups is 1. The van der Waals surface area contributed by atoms with Crippen LogP contribution >= 0.6 is 0 Å². The van der Waals surface area contributed by atoms with Gasteiger partial charge in [-0.2, -0.15) is 13.2 Å². The standard InChI is InChI=1S/C31H28F3NO2/c32-31(33,34)22-14-12-20(13-15-22)16-21-17-23-6-5-7-24(18-21)35(23)30(36)37-19-29-27-10-3-1-8-25(27)26-9-2-4-11-28(26)29/h1-4,8-15,17,23-24,29H,5-7,16,18-19H2. The molecule has 1 fully saturated rings. The highest BCUT2D eigenvalue weighted by Crippen LogP contribution is 2.45. The monoisotopic (exact) mass is 503 g/mol. The van der Waals surface area contributed by atoms with E-state index in [4.69, 9.17) is 4.74 Å². The number of rotatable bonds is 4. The van der Waals surface area contributed by atoms with Crippen molar-refractivity contribution in [3.8, 4) is 11.1 Å². The van der Waals surface area contributed by atoms with Crippen LogP contribution in [0.2, 0.25) is 0 Å². The summed E-state index contributed by atoms with van der Waals surface area (Å²) in [6, 6.07) is 22.0. The molecule has 3 nitrogen and oxygen atoms in total. The lowest BCUT2D eigenvalue weighted by Gasteiger charge is -2.44. The first kappa shape index (κ1) is 23.8. The Morgan fingerprint density at radius 3 is 2.16 bits per heavy atom. The van der Waals surface area contributed by atoms with Crippen molar-refractivity contribution in [3.05, 3.63) is 107 Å². The summed E-state index contributed by atoms with van der Waals surface area (Å²) in [5.74, 6) is 0.0201. The van der Waals surface area contributed by atoms with E-state index in [2.05, 4.69) is 30.3 Å². The van der Waals surface area contributed by atoms with E-state index in [0.29, 0.717) is 13.0 Å². The zero-order valence-corrected chi connectivity index (χ0v) is 20.4. The normalized spacial score (nSPS) is 20.7. The van der Waals surface area contributed by atoms with Gasteiger partial charge in [0.05, 0.1) is 11.6 Å². The molecule has 3 aromatic rings. The molecule has 1 amide bonds. The van der Waals surface area contributed by atoms with Crippen LogP contribution in [0.5, 0.6) is 0 Å². The summed E-state index contributed by atoms with van der Waals surface area (Å²) in [4.78, 5) is 15.3. The van der Waals surface area contributed by atoms with Crippen LogP contribution in [0, 0.1) is 0 Å². The number of hydrogen-bond acceptors (Lipinski definition) is 2. The smallest absolute Gasteiger partial charge is 0.416 e. The number of piperidine rings is 1. The van der Waals surface area contributed by atoms with Gasteiger partial charge in [0.25, 0.3) is 0 Å². The SMILES string of the molecule is O=C(OCC1c2ccccc2-c2ccccc21)N1C2C=C(Cc3ccc(C(F)(F)F)cc3)CC1CCC2. The predicted octanol–water partition coefficient (Wildman–Crippen LogP) is 7.75. The van der Waals surface area contributed by atoms with Crippen molar-refractivity contribution in [2.45, 2.75) is 56.3 Å². The first-order valence-electron chi connectivity index (χ1n) is 12.9. The largest absolute Gasteiger partial charge is 0.448 e. The molecule has 2 bridgehead atoms. The van der Waals surface area contributed by atoms with Gasteiger partial charge in [-0.1, -0.05) is 72.3 Å². The predicted molar refractivity (Wildman–Crippen MR) is 136 cm³/mol. The van der Waals surface area contributed by atoms with E-state index >= 15 is 0 Å². The molecular formula is C31H28F3NO2. The Hall–Kier alpha value is -3.54. The van der Waals surface area contributed by atoms with Crippen LogP contribution in [0.3, 0.4) is 0 Å². The van der Waals surface area contributed by atoms with Gasteiger partial charge in [-0.05, 0) is 72.1 Å². The molecule has 2 unspecified atom stereocenters. The number of ether oxygens (including phenoxy) is 1. The van der Waals surface area contributed by atoms with Crippen LogP contribution in [0.25, 0.3) is 11.1 Å². The number of hydrogen-bond donors (Lipinski definition) is 0. The molecule has 0 N–H and O–H groups in total. The molecule has 0 saturated carbocycles. The molecule has 6 rings (SSSR count). The average molecular weight is 504 g/mol. The number of halogens is 3. The summed E-state index contributed by atoms with van der Waals surface area (Å²) in [5, 5.41) is 0. The van der Waals surface area contributed by atoms with E-state index < -0.39 is 11.7 Å². The molecular weight excluding hydrogens is 475 g/mol. The highest BCUT2D eigenvalue weighted by atomic mass is 19.4. The number of amides is 1. The van der Waals surface area contributed by atoms with Gasteiger partial charge in [0, 0.05) is 12.0 Å². The fourth-order valence-corrected chi connectivity index (χ4v) is 6.28. The highest BCUT2D eigenvalue weighted by molar-refractivity contribution is 5.79. The Bertz CT molecular complexity index is 1300. The maximum atomic E-state index is 13.4. The van der Waals surface area contributed by atoms with Gasteiger partial charge in [-0.3, -0.25) is 4.90 Å². The van der Waals surface area contributed by atoms with Crippen molar-refractivity contribution in [2.24, 2.45) is 0 Å². The Balaban J connectivity index is 1.15. The molecule has 37 heavy (non-hydrogen) atoms. The lowest BCUT2D eigenvalue weighted by Crippen LogP contribution is -2.52. The molecule has 0 aromatic heterocycles. The third kappa shape index (κ3) is 4.54. The zero-order valence-electron chi connectivity index (χ0n) is 20.4. The Morgan fingerprint density at radius 2 is 1.54 bits per heavy atom. The molecule has 0 spiro atoms. The minimum atomic E-state index is -4.33. The Labute approximate surface area is 214 Å². The van der Waals surface area contributed by atoms with Gasteiger partial charge >= 0.3 is 12.3 Å². The summed E-state index contributed by atoms with van der Waals surface area (Å²) in [6.45, 7) is 0.297. The van der Waals surface area contributed by atoms with Crippen LogP contribution in [0.4, 0.5) is 18.0 Å². The van der Waals surface area contributed by atoms with E-state index in [-0.39, 0.29) is 24.1 Å². The zero-order chi connectivity index (χ0) is 25.6. The summed E-state index contributed by atoms with van der Waals surface area (Å²) < 4.78 is 44.7.